The normalized spacial score (nSPS) is 18.6. The molecule has 1 aliphatic rings. The molecule has 8 heteroatoms. The number of nitrogens with one attached hydrogen (secondary N) is 2. The SMILES string of the molecule is O=C(CNC(=O)C1CCCN(Cc2ccccc2)C1)NCC(F)(F)F. The lowest BCUT2D eigenvalue weighted by atomic mass is 9.96. The average molecular weight is 357 g/mol. The predicted molar refractivity (Wildman–Crippen MR) is 86.5 cm³/mol. The lowest BCUT2D eigenvalue weighted by Gasteiger charge is -2.32. The summed E-state index contributed by atoms with van der Waals surface area (Å²) in [7, 11) is 0. The van der Waals surface area contributed by atoms with Crippen molar-refractivity contribution in [2.24, 2.45) is 5.92 Å². The van der Waals surface area contributed by atoms with Crippen LogP contribution in [0.15, 0.2) is 30.3 Å². The van der Waals surface area contributed by atoms with E-state index in [1.54, 1.807) is 5.32 Å². The Morgan fingerprint density at radius 1 is 1.16 bits per heavy atom. The van der Waals surface area contributed by atoms with Crippen molar-refractivity contribution in [3.63, 3.8) is 0 Å². The highest BCUT2D eigenvalue weighted by Gasteiger charge is 2.28. The van der Waals surface area contributed by atoms with E-state index in [4.69, 9.17) is 0 Å². The van der Waals surface area contributed by atoms with Crippen LogP contribution in [0.4, 0.5) is 13.2 Å². The molecule has 1 aromatic rings. The average Bonchev–Trinajstić information content (AvgIpc) is 2.58. The molecule has 25 heavy (non-hydrogen) atoms. The van der Waals surface area contributed by atoms with Crippen LogP contribution in [0.3, 0.4) is 0 Å². The summed E-state index contributed by atoms with van der Waals surface area (Å²) < 4.78 is 36.1. The Bertz CT molecular complexity index is 578. The molecule has 2 N–H and O–H groups in total. The van der Waals surface area contributed by atoms with Gasteiger partial charge in [-0.05, 0) is 24.9 Å². The Hall–Kier alpha value is -2.09. The number of likely N-dealkylation sites (tertiary alicyclic amines) is 1. The second kappa shape index (κ2) is 8.84. The number of amides is 2. The van der Waals surface area contributed by atoms with Crippen molar-refractivity contribution in [1.29, 1.82) is 0 Å². The van der Waals surface area contributed by atoms with E-state index in [1.807, 2.05) is 30.3 Å². The highest BCUT2D eigenvalue weighted by Crippen LogP contribution is 2.18. The topological polar surface area (TPSA) is 61.4 Å². The summed E-state index contributed by atoms with van der Waals surface area (Å²) in [6.45, 7) is 0.381. The molecule has 0 bridgehead atoms. The molecule has 5 nitrogen and oxygen atoms in total. The van der Waals surface area contributed by atoms with Crippen LogP contribution in [0.2, 0.25) is 0 Å². The molecular weight excluding hydrogens is 335 g/mol. The maximum absolute atomic E-state index is 12.2. The lowest BCUT2D eigenvalue weighted by molar-refractivity contribution is -0.138. The van der Waals surface area contributed by atoms with Gasteiger partial charge in [0.15, 0.2) is 0 Å². The minimum absolute atomic E-state index is 0.257. The Morgan fingerprint density at radius 2 is 1.88 bits per heavy atom. The molecule has 1 heterocycles. The second-order valence-electron chi connectivity index (χ2n) is 6.17. The summed E-state index contributed by atoms with van der Waals surface area (Å²) in [4.78, 5) is 25.7. The summed E-state index contributed by atoms with van der Waals surface area (Å²) >= 11 is 0. The van der Waals surface area contributed by atoms with E-state index in [1.165, 1.54) is 0 Å². The van der Waals surface area contributed by atoms with Gasteiger partial charge in [0.1, 0.15) is 6.54 Å². The molecule has 0 spiro atoms. The third-order valence-electron chi connectivity index (χ3n) is 4.03. The fraction of sp³-hybridized carbons (Fsp3) is 0.529. The number of rotatable bonds is 6. The van der Waals surface area contributed by atoms with E-state index < -0.39 is 25.2 Å². The molecule has 138 valence electrons. The molecule has 2 rings (SSSR count). The summed E-state index contributed by atoms with van der Waals surface area (Å²) in [5.74, 6) is -1.39. The molecule has 1 aromatic carbocycles. The molecule has 1 unspecified atom stereocenters. The number of alkyl halides is 3. The predicted octanol–water partition coefficient (Wildman–Crippen LogP) is 1.69. The van der Waals surface area contributed by atoms with Crippen LogP contribution in [-0.2, 0) is 16.1 Å². The van der Waals surface area contributed by atoms with E-state index in [2.05, 4.69) is 10.2 Å². The van der Waals surface area contributed by atoms with Gasteiger partial charge in [-0.15, -0.1) is 0 Å². The van der Waals surface area contributed by atoms with E-state index in [0.717, 1.165) is 25.1 Å². The van der Waals surface area contributed by atoms with E-state index >= 15 is 0 Å². The number of benzene rings is 1. The first-order valence-corrected chi connectivity index (χ1v) is 8.21. The largest absolute Gasteiger partial charge is 0.405 e. The van der Waals surface area contributed by atoms with Crippen LogP contribution >= 0.6 is 0 Å². The summed E-state index contributed by atoms with van der Waals surface area (Å²) in [6.07, 6.45) is -2.88. The van der Waals surface area contributed by atoms with Gasteiger partial charge in [0, 0.05) is 13.1 Å². The van der Waals surface area contributed by atoms with Crippen molar-refractivity contribution >= 4 is 11.8 Å². The first kappa shape index (κ1) is 19.2. The van der Waals surface area contributed by atoms with Gasteiger partial charge in [0.05, 0.1) is 12.5 Å². The Morgan fingerprint density at radius 3 is 2.56 bits per heavy atom. The molecule has 1 fully saturated rings. The lowest BCUT2D eigenvalue weighted by Crippen LogP contribution is -2.46. The number of hydrogen-bond acceptors (Lipinski definition) is 3. The van der Waals surface area contributed by atoms with Crippen molar-refractivity contribution < 1.29 is 22.8 Å². The van der Waals surface area contributed by atoms with Gasteiger partial charge < -0.3 is 10.6 Å². The Labute approximate surface area is 144 Å². The fourth-order valence-electron chi connectivity index (χ4n) is 2.83. The zero-order valence-electron chi connectivity index (χ0n) is 13.8. The first-order chi connectivity index (χ1) is 11.8. The van der Waals surface area contributed by atoms with Crippen LogP contribution in [0.5, 0.6) is 0 Å². The van der Waals surface area contributed by atoms with Crippen molar-refractivity contribution in [3.05, 3.63) is 35.9 Å². The second-order valence-corrected chi connectivity index (χ2v) is 6.17. The van der Waals surface area contributed by atoms with Gasteiger partial charge in [-0.25, -0.2) is 0 Å². The molecule has 0 aliphatic carbocycles. The van der Waals surface area contributed by atoms with E-state index in [9.17, 15) is 22.8 Å². The summed E-state index contributed by atoms with van der Waals surface area (Å²) in [6, 6.07) is 9.91. The molecular formula is C17H22F3N3O2. The van der Waals surface area contributed by atoms with Gasteiger partial charge in [-0.1, -0.05) is 30.3 Å². The fourth-order valence-corrected chi connectivity index (χ4v) is 2.83. The van der Waals surface area contributed by atoms with Crippen molar-refractivity contribution in [3.8, 4) is 0 Å². The van der Waals surface area contributed by atoms with E-state index in [0.29, 0.717) is 13.0 Å². The van der Waals surface area contributed by atoms with Crippen LogP contribution in [0, 0.1) is 5.92 Å². The number of carbonyl (C=O) groups is 2. The van der Waals surface area contributed by atoms with Crippen LogP contribution in [0.1, 0.15) is 18.4 Å². The van der Waals surface area contributed by atoms with Gasteiger partial charge in [0.25, 0.3) is 0 Å². The molecule has 0 radical (unpaired) electrons. The van der Waals surface area contributed by atoms with Crippen molar-refractivity contribution in [1.82, 2.24) is 15.5 Å². The Kier molecular flexibility index (Phi) is 6.81. The maximum atomic E-state index is 12.2. The quantitative estimate of drug-likeness (QED) is 0.815. The Balaban J connectivity index is 1.74. The van der Waals surface area contributed by atoms with Crippen molar-refractivity contribution in [2.75, 3.05) is 26.2 Å². The molecule has 2 amide bonds. The zero-order chi connectivity index (χ0) is 18.3. The molecule has 0 saturated carbocycles. The molecule has 1 saturated heterocycles. The number of nitrogens with zero attached hydrogens (tertiary/aromatic N) is 1. The van der Waals surface area contributed by atoms with E-state index in [-0.39, 0.29) is 11.8 Å². The third kappa shape index (κ3) is 7.13. The van der Waals surface area contributed by atoms with Crippen LogP contribution in [0.25, 0.3) is 0 Å². The standard InChI is InChI=1S/C17H22F3N3O2/c18-17(19,20)12-22-15(24)9-21-16(25)14-7-4-8-23(11-14)10-13-5-2-1-3-6-13/h1-3,5-6,14H,4,7-12H2,(H,21,25)(H,22,24). The number of halogens is 3. The van der Waals surface area contributed by atoms with Crippen LogP contribution < -0.4 is 10.6 Å². The summed E-state index contributed by atoms with van der Waals surface area (Å²) in [5, 5.41) is 4.16. The third-order valence-corrected chi connectivity index (χ3v) is 4.03. The van der Waals surface area contributed by atoms with Gasteiger partial charge in [0.2, 0.25) is 11.8 Å². The minimum Gasteiger partial charge on any atom is -0.347 e. The summed E-state index contributed by atoms with van der Waals surface area (Å²) in [5.41, 5.74) is 1.16. The molecule has 0 aromatic heterocycles. The smallest absolute Gasteiger partial charge is 0.347 e. The zero-order valence-corrected chi connectivity index (χ0v) is 13.8. The van der Waals surface area contributed by atoms with Gasteiger partial charge >= 0.3 is 6.18 Å². The monoisotopic (exact) mass is 357 g/mol. The van der Waals surface area contributed by atoms with Gasteiger partial charge in [-0.2, -0.15) is 13.2 Å². The highest BCUT2D eigenvalue weighted by molar-refractivity contribution is 5.85. The number of piperidine rings is 1. The minimum atomic E-state index is -4.46. The first-order valence-electron chi connectivity index (χ1n) is 8.21. The van der Waals surface area contributed by atoms with Crippen molar-refractivity contribution in [2.45, 2.75) is 25.6 Å². The highest BCUT2D eigenvalue weighted by atomic mass is 19.4. The van der Waals surface area contributed by atoms with Crippen LogP contribution in [-0.4, -0.2) is 49.1 Å². The molecule has 1 aliphatic heterocycles. The number of carbonyl (C=O) groups excluding carboxylic acids is 2. The van der Waals surface area contributed by atoms with Gasteiger partial charge in [-0.3, -0.25) is 14.5 Å². The maximum Gasteiger partial charge on any atom is 0.405 e. The molecule has 1 atom stereocenters. The number of hydrogen-bond donors (Lipinski definition) is 2.